The molecule has 1 atom stereocenters. The van der Waals surface area contributed by atoms with Crippen molar-refractivity contribution in [2.45, 2.75) is 59.0 Å². The maximum atomic E-state index is 12.8. The Bertz CT molecular complexity index is 490. The van der Waals surface area contributed by atoms with Gasteiger partial charge in [0.25, 0.3) is 5.91 Å². The van der Waals surface area contributed by atoms with Gasteiger partial charge in [0.05, 0.1) is 0 Å². The summed E-state index contributed by atoms with van der Waals surface area (Å²) < 4.78 is 0. The van der Waals surface area contributed by atoms with E-state index in [1.807, 2.05) is 23.1 Å². The second-order valence-electron chi connectivity index (χ2n) is 6.50. The summed E-state index contributed by atoms with van der Waals surface area (Å²) >= 11 is 0. The zero-order valence-corrected chi connectivity index (χ0v) is 13.8. The standard InChI is InChI=1S/C18H28N2O/c1-13(2)20(12-17-7-5-6-10-19-17)18(21)16-9-8-14(3)15(4)11-16/h8-9,11,13,17,19H,5-7,10,12H2,1-4H3. The second-order valence-corrected chi connectivity index (χ2v) is 6.50. The van der Waals surface area contributed by atoms with Crippen molar-refractivity contribution in [1.29, 1.82) is 0 Å². The molecule has 1 aromatic rings. The molecular weight excluding hydrogens is 260 g/mol. The van der Waals surface area contributed by atoms with E-state index in [0.717, 1.165) is 18.7 Å². The number of benzene rings is 1. The number of piperidine rings is 1. The van der Waals surface area contributed by atoms with Crippen LogP contribution in [0.15, 0.2) is 18.2 Å². The van der Waals surface area contributed by atoms with E-state index in [9.17, 15) is 4.79 Å². The van der Waals surface area contributed by atoms with Crippen molar-refractivity contribution in [2.24, 2.45) is 0 Å². The summed E-state index contributed by atoms with van der Waals surface area (Å²) in [5.74, 6) is 0.153. The molecule has 3 nitrogen and oxygen atoms in total. The summed E-state index contributed by atoms with van der Waals surface area (Å²) in [5.41, 5.74) is 3.22. The molecule has 1 unspecified atom stereocenters. The van der Waals surface area contributed by atoms with Gasteiger partial charge in [-0.1, -0.05) is 12.5 Å². The lowest BCUT2D eigenvalue weighted by Gasteiger charge is -2.33. The van der Waals surface area contributed by atoms with E-state index in [2.05, 4.69) is 33.0 Å². The fourth-order valence-electron chi connectivity index (χ4n) is 2.89. The molecule has 1 aromatic carbocycles. The Morgan fingerprint density at radius 1 is 1.29 bits per heavy atom. The van der Waals surface area contributed by atoms with Crippen molar-refractivity contribution in [2.75, 3.05) is 13.1 Å². The molecule has 0 aromatic heterocycles. The molecule has 1 N–H and O–H groups in total. The van der Waals surface area contributed by atoms with E-state index in [-0.39, 0.29) is 11.9 Å². The number of nitrogens with one attached hydrogen (secondary N) is 1. The minimum absolute atomic E-state index is 0.153. The summed E-state index contributed by atoms with van der Waals surface area (Å²) in [6.07, 6.45) is 3.69. The lowest BCUT2D eigenvalue weighted by molar-refractivity contribution is 0.0676. The molecule has 1 aliphatic rings. The topological polar surface area (TPSA) is 32.3 Å². The Morgan fingerprint density at radius 2 is 2.05 bits per heavy atom. The number of carbonyl (C=O) groups is 1. The van der Waals surface area contributed by atoms with Crippen LogP contribution < -0.4 is 5.32 Å². The Balaban J connectivity index is 2.12. The molecule has 1 aliphatic heterocycles. The summed E-state index contributed by atoms with van der Waals surface area (Å²) in [4.78, 5) is 14.8. The van der Waals surface area contributed by atoms with Crippen molar-refractivity contribution < 1.29 is 4.79 Å². The van der Waals surface area contributed by atoms with Gasteiger partial charge < -0.3 is 10.2 Å². The molecule has 0 saturated carbocycles. The van der Waals surface area contributed by atoms with E-state index in [1.54, 1.807) is 0 Å². The van der Waals surface area contributed by atoms with Crippen LogP contribution in [-0.4, -0.2) is 36.0 Å². The van der Waals surface area contributed by atoms with Crippen LogP contribution in [0.5, 0.6) is 0 Å². The van der Waals surface area contributed by atoms with Crippen LogP contribution in [0.2, 0.25) is 0 Å². The maximum absolute atomic E-state index is 12.8. The number of carbonyl (C=O) groups excluding carboxylic acids is 1. The monoisotopic (exact) mass is 288 g/mol. The van der Waals surface area contributed by atoms with Crippen molar-refractivity contribution in [1.82, 2.24) is 10.2 Å². The fraction of sp³-hybridized carbons (Fsp3) is 0.611. The molecule has 2 rings (SSSR count). The summed E-state index contributed by atoms with van der Waals surface area (Å²) in [7, 11) is 0. The summed E-state index contributed by atoms with van der Waals surface area (Å²) in [6.45, 7) is 10.2. The van der Waals surface area contributed by atoms with Crippen molar-refractivity contribution >= 4 is 5.91 Å². The van der Waals surface area contributed by atoms with Gasteiger partial charge in [-0.25, -0.2) is 0 Å². The third-order valence-corrected chi connectivity index (χ3v) is 4.47. The van der Waals surface area contributed by atoms with Gasteiger partial charge in [0.2, 0.25) is 0 Å². The number of nitrogens with zero attached hydrogens (tertiary/aromatic N) is 1. The molecule has 0 radical (unpaired) electrons. The number of hydrogen-bond acceptors (Lipinski definition) is 2. The largest absolute Gasteiger partial charge is 0.335 e. The van der Waals surface area contributed by atoms with E-state index in [0.29, 0.717) is 6.04 Å². The van der Waals surface area contributed by atoms with Crippen molar-refractivity contribution in [3.05, 3.63) is 34.9 Å². The van der Waals surface area contributed by atoms with Crippen LogP contribution >= 0.6 is 0 Å². The third kappa shape index (κ3) is 4.07. The normalized spacial score (nSPS) is 18.8. The highest BCUT2D eigenvalue weighted by atomic mass is 16.2. The SMILES string of the molecule is Cc1ccc(C(=O)N(CC2CCCCN2)C(C)C)cc1C. The number of rotatable bonds is 4. The molecule has 1 heterocycles. The molecule has 3 heteroatoms. The Kier molecular flexibility index (Phi) is 5.40. The lowest BCUT2D eigenvalue weighted by atomic mass is 10.0. The first-order valence-corrected chi connectivity index (χ1v) is 8.10. The molecule has 21 heavy (non-hydrogen) atoms. The average molecular weight is 288 g/mol. The highest BCUT2D eigenvalue weighted by Crippen LogP contribution is 2.16. The van der Waals surface area contributed by atoms with Crippen LogP contribution in [-0.2, 0) is 0 Å². The minimum Gasteiger partial charge on any atom is -0.335 e. The van der Waals surface area contributed by atoms with Crippen LogP contribution in [0.4, 0.5) is 0 Å². The van der Waals surface area contributed by atoms with Gasteiger partial charge in [0, 0.05) is 24.2 Å². The highest BCUT2D eigenvalue weighted by molar-refractivity contribution is 5.94. The van der Waals surface area contributed by atoms with Gasteiger partial charge in [-0.05, 0) is 70.3 Å². The third-order valence-electron chi connectivity index (χ3n) is 4.47. The lowest BCUT2D eigenvalue weighted by Crippen LogP contribution is -2.48. The molecule has 1 saturated heterocycles. The van der Waals surface area contributed by atoms with Gasteiger partial charge in [0.15, 0.2) is 0 Å². The molecule has 0 bridgehead atoms. The fourth-order valence-corrected chi connectivity index (χ4v) is 2.89. The Hall–Kier alpha value is -1.35. The van der Waals surface area contributed by atoms with Crippen LogP contribution in [0.1, 0.15) is 54.6 Å². The van der Waals surface area contributed by atoms with E-state index in [1.165, 1.54) is 30.4 Å². The predicted octanol–water partition coefficient (Wildman–Crippen LogP) is 3.30. The van der Waals surface area contributed by atoms with Gasteiger partial charge in [0.1, 0.15) is 0 Å². The number of hydrogen-bond donors (Lipinski definition) is 1. The van der Waals surface area contributed by atoms with Crippen molar-refractivity contribution in [3.63, 3.8) is 0 Å². The maximum Gasteiger partial charge on any atom is 0.254 e. The molecule has 1 fully saturated rings. The summed E-state index contributed by atoms with van der Waals surface area (Å²) in [6, 6.07) is 6.68. The smallest absolute Gasteiger partial charge is 0.254 e. The molecule has 0 spiro atoms. The number of aryl methyl sites for hydroxylation is 2. The predicted molar refractivity (Wildman–Crippen MR) is 87.7 cm³/mol. The van der Waals surface area contributed by atoms with Crippen LogP contribution in [0.3, 0.4) is 0 Å². The van der Waals surface area contributed by atoms with E-state index >= 15 is 0 Å². The van der Waals surface area contributed by atoms with Crippen LogP contribution in [0.25, 0.3) is 0 Å². The van der Waals surface area contributed by atoms with E-state index in [4.69, 9.17) is 0 Å². The zero-order chi connectivity index (χ0) is 15.4. The van der Waals surface area contributed by atoms with Crippen LogP contribution in [0, 0.1) is 13.8 Å². The first-order chi connectivity index (χ1) is 9.99. The molecule has 0 aliphatic carbocycles. The minimum atomic E-state index is 0.153. The second kappa shape index (κ2) is 7.08. The first kappa shape index (κ1) is 16.0. The summed E-state index contributed by atoms with van der Waals surface area (Å²) in [5, 5.41) is 3.54. The quantitative estimate of drug-likeness (QED) is 0.922. The van der Waals surface area contributed by atoms with Gasteiger partial charge in [-0.3, -0.25) is 4.79 Å². The van der Waals surface area contributed by atoms with Gasteiger partial charge >= 0.3 is 0 Å². The molecular formula is C18H28N2O. The zero-order valence-electron chi connectivity index (χ0n) is 13.8. The molecule has 1 amide bonds. The van der Waals surface area contributed by atoms with E-state index < -0.39 is 0 Å². The Labute approximate surface area is 128 Å². The number of amides is 1. The first-order valence-electron chi connectivity index (χ1n) is 8.10. The average Bonchev–Trinajstić information content (AvgIpc) is 2.47. The highest BCUT2D eigenvalue weighted by Gasteiger charge is 2.23. The Morgan fingerprint density at radius 3 is 2.62 bits per heavy atom. The van der Waals surface area contributed by atoms with Gasteiger partial charge in [-0.2, -0.15) is 0 Å². The van der Waals surface area contributed by atoms with Crippen molar-refractivity contribution in [3.8, 4) is 0 Å². The molecule has 116 valence electrons. The van der Waals surface area contributed by atoms with Gasteiger partial charge in [-0.15, -0.1) is 0 Å².